The van der Waals surface area contributed by atoms with E-state index in [0.717, 1.165) is 9.99 Å². The Morgan fingerprint density at radius 3 is 2.81 bits per heavy atom. The monoisotopic (exact) mass is 386 g/mol. The van der Waals surface area contributed by atoms with Crippen molar-refractivity contribution in [1.29, 1.82) is 0 Å². The number of ether oxygens (including phenoxy) is 1. The van der Waals surface area contributed by atoms with Gasteiger partial charge >= 0.3 is 0 Å². The topological polar surface area (TPSA) is 63.8 Å². The summed E-state index contributed by atoms with van der Waals surface area (Å²) in [4.78, 5) is 12.8. The maximum absolute atomic E-state index is 11.7. The molecule has 1 amide bonds. The first-order valence-corrected chi connectivity index (χ1v) is 8.91. The molecule has 0 spiro atoms. The zero-order valence-corrected chi connectivity index (χ0v) is 15.2. The highest BCUT2D eigenvalue weighted by Crippen LogP contribution is 2.28. The summed E-state index contributed by atoms with van der Waals surface area (Å²) in [5.74, 6) is 0.677. The molecule has 3 rings (SSSR count). The summed E-state index contributed by atoms with van der Waals surface area (Å²) in [6.45, 7) is -0.162. The summed E-state index contributed by atoms with van der Waals surface area (Å²) in [6, 6.07) is 20.4. The number of rotatable bonds is 7. The smallest absolute Gasteiger partial charge is 0.277 e. The van der Waals surface area contributed by atoms with E-state index in [2.05, 4.69) is 10.5 Å². The van der Waals surface area contributed by atoms with E-state index in [9.17, 15) is 4.79 Å². The number of nitrogens with zero attached hydrogens (tertiary/aromatic N) is 1. The normalized spacial score (nSPS) is 10.8. The minimum absolute atomic E-state index is 0.162. The molecule has 132 valence electrons. The number of hydrazone groups is 1. The van der Waals surface area contributed by atoms with Gasteiger partial charge in [0.15, 0.2) is 11.7 Å². The lowest BCUT2D eigenvalue weighted by Crippen LogP contribution is -2.24. The number of hydrogen-bond donors (Lipinski definition) is 1. The van der Waals surface area contributed by atoms with Crippen molar-refractivity contribution in [2.75, 3.05) is 6.61 Å². The Bertz CT molecular complexity index is 897. The van der Waals surface area contributed by atoms with Crippen LogP contribution < -0.4 is 10.2 Å². The fraction of sp³-hybridized carbons (Fsp3) is 0.0526. The molecular weight excluding hydrogens is 372 g/mol. The lowest BCUT2D eigenvalue weighted by Gasteiger charge is -2.04. The van der Waals surface area contributed by atoms with Gasteiger partial charge in [-0.15, -0.1) is 0 Å². The van der Waals surface area contributed by atoms with Gasteiger partial charge in [0.1, 0.15) is 11.5 Å². The maximum atomic E-state index is 11.7. The average molecular weight is 387 g/mol. The van der Waals surface area contributed by atoms with Crippen molar-refractivity contribution in [3.8, 4) is 5.75 Å². The highest BCUT2D eigenvalue weighted by atomic mass is 35.5. The van der Waals surface area contributed by atoms with Gasteiger partial charge in [-0.05, 0) is 42.5 Å². The molecule has 0 atom stereocenters. The maximum Gasteiger partial charge on any atom is 0.277 e. The van der Waals surface area contributed by atoms with Crippen molar-refractivity contribution in [2.45, 2.75) is 9.99 Å². The minimum Gasteiger partial charge on any atom is -0.484 e. The molecule has 0 aliphatic rings. The standard InChI is InChI=1S/C19H15ClN2O3S/c20-14-5-4-6-15(11-14)24-13-18(23)22-21-12-16-9-10-19(25-16)26-17-7-2-1-3-8-17/h1-12H,13H2,(H,22,23)/b21-12+. The molecule has 0 fully saturated rings. The number of benzene rings is 2. The van der Waals surface area contributed by atoms with E-state index >= 15 is 0 Å². The van der Waals surface area contributed by atoms with E-state index in [-0.39, 0.29) is 12.5 Å². The second kappa shape index (κ2) is 9.12. The van der Waals surface area contributed by atoms with Gasteiger partial charge < -0.3 is 9.15 Å². The van der Waals surface area contributed by atoms with Crippen LogP contribution in [0.25, 0.3) is 0 Å². The molecule has 2 aromatic carbocycles. The molecule has 1 heterocycles. The average Bonchev–Trinajstić information content (AvgIpc) is 3.08. The fourth-order valence-electron chi connectivity index (χ4n) is 1.97. The molecule has 0 radical (unpaired) electrons. The van der Waals surface area contributed by atoms with E-state index < -0.39 is 0 Å². The lowest BCUT2D eigenvalue weighted by molar-refractivity contribution is -0.123. The molecule has 5 nitrogen and oxygen atoms in total. The van der Waals surface area contributed by atoms with Crippen molar-refractivity contribution < 1.29 is 13.9 Å². The van der Waals surface area contributed by atoms with E-state index in [1.54, 1.807) is 30.3 Å². The molecule has 0 bridgehead atoms. The zero-order valence-electron chi connectivity index (χ0n) is 13.6. The molecule has 1 aromatic heterocycles. The molecule has 3 aromatic rings. The van der Waals surface area contributed by atoms with Gasteiger partial charge in [0.25, 0.3) is 5.91 Å². The van der Waals surface area contributed by atoms with Crippen LogP contribution in [0.15, 0.2) is 86.2 Å². The molecule has 0 aliphatic carbocycles. The van der Waals surface area contributed by atoms with Crippen molar-refractivity contribution in [3.63, 3.8) is 0 Å². The fourth-order valence-corrected chi connectivity index (χ4v) is 2.95. The second-order valence-electron chi connectivity index (χ2n) is 5.11. The third-order valence-electron chi connectivity index (χ3n) is 3.11. The van der Waals surface area contributed by atoms with Crippen LogP contribution in [0.4, 0.5) is 0 Å². The first-order chi connectivity index (χ1) is 12.7. The third kappa shape index (κ3) is 5.68. The number of halogens is 1. The van der Waals surface area contributed by atoms with Gasteiger partial charge in [0.05, 0.1) is 6.21 Å². The lowest BCUT2D eigenvalue weighted by atomic mass is 10.3. The molecule has 26 heavy (non-hydrogen) atoms. The number of carbonyl (C=O) groups excluding carboxylic acids is 1. The van der Waals surface area contributed by atoms with Crippen LogP contribution in [-0.2, 0) is 4.79 Å². The van der Waals surface area contributed by atoms with Crippen LogP contribution >= 0.6 is 23.4 Å². The number of furan rings is 1. The molecule has 0 saturated heterocycles. The molecule has 0 aliphatic heterocycles. The molecule has 7 heteroatoms. The van der Waals surface area contributed by atoms with Crippen molar-refractivity contribution >= 4 is 35.5 Å². The van der Waals surface area contributed by atoms with E-state index in [1.165, 1.54) is 18.0 Å². The number of amides is 1. The first-order valence-electron chi connectivity index (χ1n) is 7.72. The quantitative estimate of drug-likeness (QED) is 0.475. The highest BCUT2D eigenvalue weighted by Gasteiger charge is 2.04. The summed E-state index contributed by atoms with van der Waals surface area (Å²) in [7, 11) is 0. The van der Waals surface area contributed by atoms with Gasteiger partial charge in [-0.1, -0.05) is 47.6 Å². The summed E-state index contributed by atoms with van der Waals surface area (Å²) in [5, 5.41) is 5.15. The SMILES string of the molecule is O=C(COc1cccc(Cl)c1)N/N=C/c1ccc(Sc2ccccc2)o1. The second-order valence-corrected chi connectivity index (χ2v) is 6.63. The summed E-state index contributed by atoms with van der Waals surface area (Å²) in [6.07, 6.45) is 1.44. The van der Waals surface area contributed by atoms with Crippen LogP contribution in [-0.4, -0.2) is 18.7 Å². The summed E-state index contributed by atoms with van der Waals surface area (Å²) >= 11 is 7.36. The van der Waals surface area contributed by atoms with Gasteiger partial charge in [-0.3, -0.25) is 4.79 Å². The predicted octanol–water partition coefficient (Wildman–Crippen LogP) is 4.61. The van der Waals surface area contributed by atoms with E-state index in [4.69, 9.17) is 20.8 Å². The van der Waals surface area contributed by atoms with Gasteiger partial charge in [-0.25, -0.2) is 5.43 Å². The largest absolute Gasteiger partial charge is 0.484 e. The predicted molar refractivity (Wildman–Crippen MR) is 102 cm³/mol. The van der Waals surface area contributed by atoms with Crippen molar-refractivity contribution in [1.82, 2.24) is 5.43 Å². The molecule has 1 N–H and O–H groups in total. The Hall–Kier alpha value is -2.70. The van der Waals surface area contributed by atoms with Crippen molar-refractivity contribution in [3.05, 3.63) is 77.5 Å². The van der Waals surface area contributed by atoms with E-state index in [0.29, 0.717) is 16.5 Å². The Kier molecular flexibility index (Phi) is 6.35. The minimum atomic E-state index is -0.383. The number of carbonyl (C=O) groups is 1. The third-order valence-corrected chi connectivity index (χ3v) is 4.27. The molecule has 0 unspecified atom stereocenters. The molecule has 0 saturated carbocycles. The van der Waals surface area contributed by atoms with Gasteiger partial charge in [-0.2, -0.15) is 5.10 Å². The van der Waals surface area contributed by atoms with Gasteiger partial charge in [0, 0.05) is 9.92 Å². The number of hydrogen-bond acceptors (Lipinski definition) is 5. The first kappa shape index (κ1) is 18.1. The highest BCUT2D eigenvalue weighted by molar-refractivity contribution is 7.99. The number of nitrogens with one attached hydrogen (secondary N) is 1. The van der Waals surface area contributed by atoms with Crippen LogP contribution in [0.3, 0.4) is 0 Å². The zero-order chi connectivity index (χ0) is 18.2. The van der Waals surface area contributed by atoms with Crippen LogP contribution in [0.5, 0.6) is 5.75 Å². The van der Waals surface area contributed by atoms with Crippen molar-refractivity contribution in [2.24, 2.45) is 5.10 Å². The Morgan fingerprint density at radius 2 is 2.00 bits per heavy atom. The Morgan fingerprint density at radius 1 is 1.15 bits per heavy atom. The Balaban J connectivity index is 1.45. The van der Waals surface area contributed by atoms with Crippen LogP contribution in [0, 0.1) is 0 Å². The molecular formula is C19H15ClN2O3S. The van der Waals surface area contributed by atoms with E-state index in [1.807, 2.05) is 36.4 Å². The van der Waals surface area contributed by atoms with Crippen LogP contribution in [0.2, 0.25) is 5.02 Å². The summed E-state index contributed by atoms with van der Waals surface area (Å²) in [5.41, 5.74) is 2.38. The van der Waals surface area contributed by atoms with Crippen LogP contribution in [0.1, 0.15) is 5.76 Å². The van der Waals surface area contributed by atoms with Gasteiger partial charge in [0.2, 0.25) is 0 Å². The Labute approximate surface area is 160 Å². The summed E-state index contributed by atoms with van der Waals surface area (Å²) < 4.78 is 11.0.